The molecule has 0 aliphatic carbocycles. The Morgan fingerprint density at radius 1 is 0.938 bits per heavy atom. The van der Waals surface area contributed by atoms with E-state index in [4.69, 9.17) is 4.98 Å². The second-order valence-electron chi connectivity index (χ2n) is 8.10. The van der Waals surface area contributed by atoms with Gasteiger partial charge >= 0.3 is 0 Å². The van der Waals surface area contributed by atoms with Gasteiger partial charge < -0.3 is 4.98 Å². The van der Waals surface area contributed by atoms with Crippen LogP contribution in [-0.2, 0) is 6.54 Å². The molecular weight excluding hydrogens is 416 g/mol. The van der Waals surface area contributed by atoms with E-state index in [9.17, 15) is 4.79 Å². The van der Waals surface area contributed by atoms with E-state index >= 15 is 0 Å². The van der Waals surface area contributed by atoms with Crippen LogP contribution in [0.5, 0.6) is 0 Å². The highest BCUT2D eigenvalue weighted by Gasteiger charge is 2.18. The van der Waals surface area contributed by atoms with Gasteiger partial charge in [-0.15, -0.1) is 11.3 Å². The van der Waals surface area contributed by atoms with Crippen LogP contribution in [0.2, 0.25) is 0 Å². The van der Waals surface area contributed by atoms with Crippen LogP contribution >= 0.6 is 11.3 Å². The van der Waals surface area contributed by atoms with Gasteiger partial charge in [-0.3, -0.25) is 14.6 Å². The highest BCUT2D eigenvalue weighted by Crippen LogP contribution is 2.30. The van der Waals surface area contributed by atoms with Crippen LogP contribution in [0.3, 0.4) is 0 Å². The van der Waals surface area contributed by atoms with Crippen LogP contribution in [0.25, 0.3) is 27.4 Å². The Labute approximate surface area is 191 Å². The summed E-state index contributed by atoms with van der Waals surface area (Å²) in [5.74, 6) is 0.751. The Balaban J connectivity index is 1.20. The van der Waals surface area contributed by atoms with Crippen LogP contribution in [0.4, 0.5) is 0 Å². The molecule has 1 saturated heterocycles. The molecule has 3 heterocycles. The maximum absolute atomic E-state index is 12.9. The Morgan fingerprint density at radius 3 is 2.38 bits per heavy atom. The molecule has 32 heavy (non-hydrogen) atoms. The lowest BCUT2D eigenvalue weighted by Gasteiger charge is -2.33. The highest BCUT2D eigenvalue weighted by atomic mass is 32.1. The summed E-state index contributed by atoms with van der Waals surface area (Å²) in [5.41, 5.74) is 3.20. The average molecular weight is 443 g/mol. The summed E-state index contributed by atoms with van der Waals surface area (Å²) in [4.78, 5) is 26.3. The minimum absolute atomic E-state index is 0.0465. The number of aromatic amines is 1. The summed E-state index contributed by atoms with van der Waals surface area (Å²) in [6, 6.07) is 20.4. The smallest absolute Gasteiger partial charge is 0.260 e. The summed E-state index contributed by atoms with van der Waals surface area (Å²) in [5, 5.41) is 2.73. The van der Waals surface area contributed by atoms with Crippen molar-refractivity contribution in [3.8, 4) is 11.1 Å². The first-order chi connectivity index (χ1) is 15.8. The van der Waals surface area contributed by atoms with Crippen LogP contribution in [-0.4, -0.2) is 52.5 Å². The van der Waals surface area contributed by atoms with Crippen LogP contribution in [0, 0.1) is 0 Å². The van der Waals surface area contributed by atoms with Crippen molar-refractivity contribution in [1.82, 2.24) is 19.8 Å². The van der Waals surface area contributed by atoms with Crippen molar-refractivity contribution in [2.45, 2.75) is 6.54 Å². The largest absolute Gasteiger partial charge is 0.309 e. The fourth-order valence-corrected chi connectivity index (χ4v) is 5.11. The molecule has 1 aliphatic heterocycles. The number of hydrogen-bond donors (Lipinski definition) is 1. The maximum atomic E-state index is 12.9. The Kier molecular flexibility index (Phi) is 6.25. The number of nitrogens with one attached hydrogen (secondary N) is 1. The number of benzene rings is 2. The second-order valence-corrected chi connectivity index (χ2v) is 8.96. The monoisotopic (exact) mass is 442 g/mol. The van der Waals surface area contributed by atoms with Crippen molar-refractivity contribution in [2.24, 2.45) is 0 Å². The summed E-state index contributed by atoms with van der Waals surface area (Å²) < 4.78 is 0. The predicted octanol–water partition coefficient (Wildman–Crippen LogP) is 4.48. The molecule has 0 amide bonds. The van der Waals surface area contributed by atoms with E-state index < -0.39 is 0 Å². The van der Waals surface area contributed by atoms with Crippen molar-refractivity contribution in [3.05, 3.63) is 93.9 Å². The molecule has 5 rings (SSSR count). The lowest BCUT2D eigenvalue weighted by atomic mass is 10.1. The molecule has 0 saturated carbocycles. The Hall–Kier alpha value is -3.06. The third-order valence-electron chi connectivity index (χ3n) is 5.89. The SMILES string of the molecule is O=c1[nH]c(CN2CCN(C/C=C/c3ccccc3)CC2)nc2scc(-c3ccccc3)c12. The van der Waals surface area contributed by atoms with Crippen LogP contribution in [0.1, 0.15) is 11.4 Å². The molecule has 1 aliphatic rings. The highest BCUT2D eigenvalue weighted by molar-refractivity contribution is 7.17. The van der Waals surface area contributed by atoms with Gasteiger partial charge in [0.1, 0.15) is 10.7 Å². The lowest BCUT2D eigenvalue weighted by molar-refractivity contribution is 0.134. The third kappa shape index (κ3) is 4.72. The molecule has 0 unspecified atom stereocenters. The fourth-order valence-electron chi connectivity index (χ4n) is 4.14. The van der Waals surface area contributed by atoms with Gasteiger partial charge in [0.2, 0.25) is 0 Å². The fraction of sp³-hybridized carbons (Fsp3) is 0.231. The van der Waals surface area contributed by atoms with Crippen molar-refractivity contribution in [1.29, 1.82) is 0 Å². The van der Waals surface area contributed by atoms with Gasteiger partial charge in [0.05, 0.1) is 11.9 Å². The third-order valence-corrected chi connectivity index (χ3v) is 6.76. The topological polar surface area (TPSA) is 52.2 Å². The van der Waals surface area contributed by atoms with E-state index in [1.807, 2.05) is 41.8 Å². The quantitative estimate of drug-likeness (QED) is 0.478. The molecule has 4 aromatic rings. The number of fused-ring (bicyclic) bond motifs is 1. The first-order valence-electron chi connectivity index (χ1n) is 11.0. The van der Waals surface area contributed by atoms with E-state index in [1.165, 1.54) is 5.56 Å². The first kappa shape index (κ1) is 20.8. The standard InChI is InChI=1S/C26H26N4OS/c31-25-24-22(21-11-5-2-6-12-21)19-32-26(24)28-23(27-25)18-30-16-14-29(15-17-30)13-7-10-20-8-3-1-4-9-20/h1-12,19H,13-18H2,(H,27,28,31)/b10-7+. The van der Waals surface area contributed by atoms with Crippen molar-refractivity contribution < 1.29 is 0 Å². The molecule has 0 bridgehead atoms. The Morgan fingerprint density at radius 2 is 1.62 bits per heavy atom. The summed E-state index contributed by atoms with van der Waals surface area (Å²) in [7, 11) is 0. The van der Waals surface area contributed by atoms with Gasteiger partial charge in [0, 0.05) is 43.7 Å². The molecule has 1 N–H and O–H groups in total. The van der Waals surface area contributed by atoms with Gasteiger partial charge in [0.25, 0.3) is 5.56 Å². The van der Waals surface area contributed by atoms with E-state index in [-0.39, 0.29) is 5.56 Å². The zero-order valence-electron chi connectivity index (χ0n) is 17.9. The molecule has 0 radical (unpaired) electrons. The molecule has 0 spiro atoms. The number of rotatable bonds is 6. The number of thiophene rings is 1. The van der Waals surface area contributed by atoms with E-state index in [0.29, 0.717) is 11.9 Å². The summed E-state index contributed by atoms with van der Waals surface area (Å²) in [6.45, 7) is 5.62. The van der Waals surface area contributed by atoms with Crippen molar-refractivity contribution >= 4 is 27.6 Å². The molecule has 2 aromatic carbocycles. The van der Waals surface area contributed by atoms with E-state index in [0.717, 1.165) is 54.5 Å². The molecular formula is C26H26N4OS. The van der Waals surface area contributed by atoms with Gasteiger partial charge in [-0.1, -0.05) is 72.8 Å². The van der Waals surface area contributed by atoms with Crippen LogP contribution < -0.4 is 5.56 Å². The molecule has 162 valence electrons. The second kappa shape index (κ2) is 9.61. The minimum atomic E-state index is -0.0465. The number of piperazine rings is 1. The van der Waals surface area contributed by atoms with Gasteiger partial charge in [0.15, 0.2) is 0 Å². The maximum Gasteiger partial charge on any atom is 0.260 e. The van der Waals surface area contributed by atoms with Gasteiger partial charge in [-0.2, -0.15) is 0 Å². The first-order valence-corrected chi connectivity index (χ1v) is 11.9. The number of hydrogen-bond acceptors (Lipinski definition) is 5. The zero-order chi connectivity index (χ0) is 21.8. The predicted molar refractivity (Wildman–Crippen MR) is 133 cm³/mol. The van der Waals surface area contributed by atoms with E-state index in [1.54, 1.807) is 11.3 Å². The van der Waals surface area contributed by atoms with Gasteiger partial charge in [-0.25, -0.2) is 4.98 Å². The molecule has 0 atom stereocenters. The number of aromatic nitrogens is 2. The normalized spacial score (nSPS) is 15.6. The van der Waals surface area contributed by atoms with Crippen LogP contribution in [0.15, 0.2) is 76.9 Å². The van der Waals surface area contributed by atoms with Crippen molar-refractivity contribution in [3.63, 3.8) is 0 Å². The zero-order valence-corrected chi connectivity index (χ0v) is 18.7. The van der Waals surface area contributed by atoms with Crippen molar-refractivity contribution in [2.75, 3.05) is 32.7 Å². The lowest BCUT2D eigenvalue weighted by Crippen LogP contribution is -2.46. The Bertz CT molecular complexity index is 1260. The average Bonchev–Trinajstić information content (AvgIpc) is 3.26. The molecule has 1 fully saturated rings. The van der Waals surface area contributed by atoms with Gasteiger partial charge in [-0.05, 0) is 11.1 Å². The van der Waals surface area contributed by atoms with E-state index in [2.05, 4.69) is 51.2 Å². The molecule has 6 heteroatoms. The summed E-state index contributed by atoms with van der Waals surface area (Å²) >= 11 is 1.54. The number of H-pyrrole nitrogens is 1. The molecule has 2 aromatic heterocycles. The number of nitrogens with zero attached hydrogens (tertiary/aromatic N) is 3. The summed E-state index contributed by atoms with van der Waals surface area (Å²) in [6.07, 6.45) is 4.42. The minimum Gasteiger partial charge on any atom is -0.309 e. The molecule has 5 nitrogen and oxygen atoms in total.